The quantitative estimate of drug-likeness (QED) is 0.594. The van der Waals surface area contributed by atoms with Crippen LogP contribution in [0.3, 0.4) is 0 Å². The molecule has 2 rings (SSSR count). The van der Waals surface area contributed by atoms with Gasteiger partial charge < -0.3 is 15.2 Å². The molecule has 2 N–H and O–H groups in total. The summed E-state index contributed by atoms with van der Waals surface area (Å²) in [4.78, 5) is 4.32. The van der Waals surface area contributed by atoms with Crippen molar-refractivity contribution in [3.63, 3.8) is 0 Å². The average Bonchev–Trinajstić information content (AvgIpc) is 2.90. The summed E-state index contributed by atoms with van der Waals surface area (Å²) in [6, 6.07) is 8.33. The number of benzene rings is 1. The van der Waals surface area contributed by atoms with E-state index in [2.05, 4.69) is 56.6 Å². The summed E-state index contributed by atoms with van der Waals surface area (Å²) in [6.07, 6.45) is 0. The normalized spacial score (nSPS) is 14.3. The molecule has 0 amide bonds. The fraction of sp³-hybridized carbons (Fsp3) is 0.444. The van der Waals surface area contributed by atoms with Gasteiger partial charge in [-0.15, -0.1) is 0 Å². The molecule has 6 heteroatoms. The van der Waals surface area contributed by atoms with Crippen LogP contribution in [0, 0.1) is 13.8 Å². The molecule has 1 aromatic heterocycles. The van der Waals surface area contributed by atoms with Crippen molar-refractivity contribution < 1.29 is 4.52 Å². The smallest absolute Gasteiger partial charge is 0.191 e. The zero-order valence-electron chi connectivity index (χ0n) is 14.9. The van der Waals surface area contributed by atoms with E-state index in [-0.39, 0.29) is 12.0 Å². The van der Waals surface area contributed by atoms with Crippen LogP contribution in [0.2, 0.25) is 0 Å². The summed E-state index contributed by atoms with van der Waals surface area (Å²) in [5.41, 5.74) is 3.31. The van der Waals surface area contributed by atoms with Crippen LogP contribution in [0.1, 0.15) is 48.4 Å². The molecule has 0 bridgehead atoms. The molecule has 0 aliphatic heterocycles. The molecule has 5 nitrogen and oxygen atoms in total. The van der Waals surface area contributed by atoms with E-state index in [0.717, 1.165) is 34.0 Å². The Morgan fingerprint density at radius 2 is 2.00 bits per heavy atom. The van der Waals surface area contributed by atoms with Crippen molar-refractivity contribution in [3.8, 4) is 0 Å². The Bertz CT molecular complexity index is 691. The number of halogens is 1. The van der Waals surface area contributed by atoms with Crippen molar-refractivity contribution in [2.24, 2.45) is 4.99 Å². The molecule has 130 valence electrons. The zero-order valence-corrected chi connectivity index (χ0v) is 16.4. The molecule has 0 aliphatic carbocycles. The molecular weight excluding hydrogens is 368 g/mol. The largest absolute Gasteiger partial charge is 0.361 e. The van der Waals surface area contributed by atoms with Crippen molar-refractivity contribution in [1.29, 1.82) is 0 Å². The van der Waals surface area contributed by atoms with Gasteiger partial charge in [0, 0.05) is 29.5 Å². The highest BCUT2D eigenvalue weighted by atomic mass is 79.9. The fourth-order valence-corrected chi connectivity index (χ4v) is 3.48. The zero-order chi connectivity index (χ0) is 17.7. The van der Waals surface area contributed by atoms with Crippen LogP contribution in [0.4, 0.5) is 0 Å². The van der Waals surface area contributed by atoms with Crippen LogP contribution in [-0.4, -0.2) is 24.7 Å². The van der Waals surface area contributed by atoms with Crippen molar-refractivity contribution in [2.75, 3.05) is 13.6 Å². The van der Waals surface area contributed by atoms with Crippen LogP contribution in [-0.2, 0) is 0 Å². The van der Waals surface area contributed by atoms with Crippen molar-refractivity contribution in [3.05, 3.63) is 51.3 Å². The lowest BCUT2D eigenvalue weighted by atomic mass is 10.00. The first-order chi connectivity index (χ1) is 11.4. The second kappa shape index (κ2) is 8.33. The summed E-state index contributed by atoms with van der Waals surface area (Å²) >= 11 is 3.60. The summed E-state index contributed by atoms with van der Waals surface area (Å²) in [7, 11) is 1.78. The minimum Gasteiger partial charge on any atom is -0.361 e. The Hall–Kier alpha value is -1.82. The maximum Gasteiger partial charge on any atom is 0.191 e. The average molecular weight is 393 g/mol. The van der Waals surface area contributed by atoms with Gasteiger partial charge in [0.25, 0.3) is 0 Å². The summed E-state index contributed by atoms with van der Waals surface area (Å²) in [6.45, 7) is 8.96. The number of hydrogen-bond acceptors (Lipinski definition) is 3. The Labute approximate surface area is 152 Å². The van der Waals surface area contributed by atoms with Crippen molar-refractivity contribution in [2.45, 2.75) is 39.7 Å². The number of aliphatic imine (C=N–C) groups is 1. The van der Waals surface area contributed by atoms with Gasteiger partial charge in [-0.25, -0.2) is 0 Å². The number of nitrogens with zero attached hydrogens (tertiary/aromatic N) is 2. The first-order valence-corrected chi connectivity index (χ1v) is 8.87. The lowest BCUT2D eigenvalue weighted by Gasteiger charge is -2.21. The molecule has 0 spiro atoms. The minimum atomic E-state index is 0.140. The van der Waals surface area contributed by atoms with E-state index in [9.17, 15) is 0 Å². The minimum absolute atomic E-state index is 0.140. The molecule has 2 aromatic rings. The summed E-state index contributed by atoms with van der Waals surface area (Å²) in [5.74, 6) is 1.94. The predicted molar refractivity (Wildman–Crippen MR) is 101 cm³/mol. The van der Waals surface area contributed by atoms with Crippen LogP contribution in [0.15, 0.2) is 38.3 Å². The van der Waals surface area contributed by atoms with Crippen LogP contribution < -0.4 is 10.6 Å². The standard InChI is InChI=1S/C18H25BrN4O/c1-11(17-13(3)23-24-14(17)4)10-21-18(20-5)22-12(2)15-8-6-7-9-16(15)19/h6-9,11-12H,10H2,1-5H3,(H2,20,21,22). The maximum absolute atomic E-state index is 5.26. The molecule has 1 heterocycles. The molecule has 0 saturated carbocycles. The number of nitrogens with one attached hydrogen (secondary N) is 2. The number of hydrogen-bond donors (Lipinski definition) is 2. The highest BCUT2D eigenvalue weighted by molar-refractivity contribution is 9.10. The van der Waals surface area contributed by atoms with Gasteiger partial charge in [0.1, 0.15) is 5.76 Å². The van der Waals surface area contributed by atoms with Crippen molar-refractivity contribution in [1.82, 2.24) is 15.8 Å². The number of aromatic nitrogens is 1. The second-order valence-corrected chi connectivity index (χ2v) is 6.83. The highest BCUT2D eigenvalue weighted by Gasteiger charge is 2.17. The van der Waals surface area contributed by atoms with Gasteiger partial charge in [-0.1, -0.05) is 46.2 Å². The molecule has 1 aromatic carbocycles. The van der Waals surface area contributed by atoms with Crippen LogP contribution in [0.25, 0.3) is 0 Å². The van der Waals surface area contributed by atoms with Gasteiger partial charge >= 0.3 is 0 Å². The molecule has 2 unspecified atom stereocenters. The van der Waals surface area contributed by atoms with Crippen molar-refractivity contribution >= 4 is 21.9 Å². The molecule has 0 fully saturated rings. The number of aryl methyl sites for hydroxylation is 2. The summed E-state index contributed by atoms with van der Waals surface area (Å²) < 4.78 is 6.34. The molecule has 2 atom stereocenters. The van der Waals surface area contributed by atoms with E-state index in [4.69, 9.17) is 4.52 Å². The van der Waals surface area contributed by atoms with E-state index in [1.807, 2.05) is 32.0 Å². The van der Waals surface area contributed by atoms with Gasteiger partial charge in [0.15, 0.2) is 5.96 Å². The second-order valence-electron chi connectivity index (χ2n) is 5.98. The number of rotatable bonds is 5. The first-order valence-electron chi connectivity index (χ1n) is 8.08. The Morgan fingerprint density at radius 1 is 1.29 bits per heavy atom. The third kappa shape index (κ3) is 4.38. The van der Waals surface area contributed by atoms with E-state index in [1.54, 1.807) is 7.05 Å². The molecule has 0 saturated heterocycles. The van der Waals surface area contributed by atoms with E-state index in [0.29, 0.717) is 0 Å². The monoisotopic (exact) mass is 392 g/mol. The van der Waals surface area contributed by atoms with Gasteiger partial charge in [0.05, 0.1) is 11.7 Å². The lowest BCUT2D eigenvalue weighted by Crippen LogP contribution is -2.40. The fourth-order valence-electron chi connectivity index (χ4n) is 2.85. The molecular formula is C18H25BrN4O. The van der Waals surface area contributed by atoms with Gasteiger partial charge in [0.2, 0.25) is 0 Å². The molecule has 24 heavy (non-hydrogen) atoms. The summed E-state index contributed by atoms with van der Waals surface area (Å²) in [5, 5.41) is 10.8. The maximum atomic E-state index is 5.26. The third-order valence-electron chi connectivity index (χ3n) is 4.11. The highest BCUT2D eigenvalue weighted by Crippen LogP contribution is 2.23. The first kappa shape index (κ1) is 18.5. The number of guanidine groups is 1. The Morgan fingerprint density at radius 3 is 2.58 bits per heavy atom. The third-order valence-corrected chi connectivity index (χ3v) is 4.83. The molecule has 0 radical (unpaired) electrons. The van der Waals surface area contributed by atoms with E-state index < -0.39 is 0 Å². The van der Waals surface area contributed by atoms with Gasteiger partial charge in [-0.2, -0.15) is 0 Å². The van der Waals surface area contributed by atoms with Gasteiger partial charge in [-0.05, 0) is 32.4 Å². The van der Waals surface area contributed by atoms with E-state index >= 15 is 0 Å². The Kier molecular flexibility index (Phi) is 6.43. The topological polar surface area (TPSA) is 62.5 Å². The SMILES string of the molecule is CN=C(NCC(C)c1c(C)noc1C)NC(C)c1ccccc1Br. The van der Waals surface area contributed by atoms with Crippen LogP contribution >= 0.6 is 15.9 Å². The van der Waals surface area contributed by atoms with Crippen LogP contribution in [0.5, 0.6) is 0 Å². The lowest BCUT2D eigenvalue weighted by molar-refractivity contribution is 0.391. The Balaban J connectivity index is 1.97. The predicted octanol–water partition coefficient (Wildman–Crippen LogP) is 4.08. The molecule has 0 aliphatic rings. The van der Waals surface area contributed by atoms with E-state index in [1.165, 1.54) is 5.56 Å². The van der Waals surface area contributed by atoms with Gasteiger partial charge in [-0.3, -0.25) is 4.99 Å².